The topological polar surface area (TPSA) is 60.2 Å². The summed E-state index contributed by atoms with van der Waals surface area (Å²) < 4.78 is 24.0. The molecule has 0 bridgehead atoms. The van der Waals surface area contributed by atoms with Gasteiger partial charge in [-0.25, -0.2) is 8.42 Å². The van der Waals surface area contributed by atoms with E-state index >= 15 is 0 Å². The van der Waals surface area contributed by atoms with Gasteiger partial charge < -0.3 is 5.73 Å². The van der Waals surface area contributed by atoms with Crippen molar-refractivity contribution in [2.75, 3.05) is 0 Å². The molecule has 0 aliphatic rings. The molecule has 0 spiro atoms. The summed E-state index contributed by atoms with van der Waals surface area (Å²) >= 11 is 0. The van der Waals surface area contributed by atoms with Crippen LogP contribution in [0.2, 0.25) is 0 Å². The molecule has 0 fully saturated rings. The van der Waals surface area contributed by atoms with Crippen LogP contribution in [0.1, 0.15) is 39.2 Å². The monoisotopic (exact) mass is 241 g/mol. The van der Waals surface area contributed by atoms with E-state index in [2.05, 4.69) is 13.8 Å². The highest BCUT2D eigenvalue weighted by Crippen LogP contribution is 2.23. The van der Waals surface area contributed by atoms with Crippen molar-refractivity contribution in [2.24, 2.45) is 5.73 Å². The Kier molecular flexibility index (Phi) is 3.45. The average Bonchev–Trinajstić information content (AvgIpc) is 2.16. The molecule has 0 saturated carbocycles. The highest BCUT2D eigenvalue weighted by atomic mass is 32.2. The molecule has 90 valence electrons. The van der Waals surface area contributed by atoms with Crippen LogP contribution in [0, 0.1) is 0 Å². The van der Waals surface area contributed by atoms with Crippen molar-refractivity contribution in [3.05, 3.63) is 29.8 Å². The fourth-order valence-corrected chi connectivity index (χ4v) is 2.44. The van der Waals surface area contributed by atoms with Crippen LogP contribution in [0.15, 0.2) is 29.2 Å². The van der Waals surface area contributed by atoms with E-state index in [0.717, 1.165) is 5.56 Å². The first-order valence-electron chi connectivity index (χ1n) is 5.29. The van der Waals surface area contributed by atoms with Crippen LogP contribution in [0.25, 0.3) is 0 Å². The number of rotatable bonds is 3. The maximum absolute atomic E-state index is 12.0. The number of sulfone groups is 1. The first kappa shape index (κ1) is 13.2. The smallest absolute Gasteiger partial charge is 0.196 e. The van der Waals surface area contributed by atoms with Crippen LogP contribution >= 0.6 is 0 Å². The van der Waals surface area contributed by atoms with E-state index in [1.54, 1.807) is 12.1 Å². The molecule has 2 N–H and O–H groups in total. The maximum atomic E-state index is 12.0. The van der Waals surface area contributed by atoms with E-state index in [9.17, 15) is 8.42 Å². The van der Waals surface area contributed by atoms with Gasteiger partial charge in [-0.15, -0.1) is 0 Å². The minimum atomic E-state index is -3.44. The Labute approximate surface area is 97.6 Å². The number of nitrogens with two attached hydrogens (primary N) is 1. The molecule has 0 atom stereocenters. The standard InChI is InChI=1S/C12H19NO2S/c1-9(2)10-5-7-11(8-6-10)16(14,15)12(3,4)13/h5-9H,13H2,1-4H3. The third-order valence-corrected chi connectivity index (χ3v) is 4.83. The predicted octanol–water partition coefficient (Wildman–Crippen LogP) is 2.28. The van der Waals surface area contributed by atoms with Gasteiger partial charge in [0.25, 0.3) is 0 Å². The fourth-order valence-electron chi connectivity index (χ4n) is 1.34. The fraction of sp³-hybridized carbons (Fsp3) is 0.500. The minimum absolute atomic E-state index is 0.282. The molecule has 0 radical (unpaired) electrons. The summed E-state index contributed by atoms with van der Waals surface area (Å²) in [5, 5.41) is 0. The van der Waals surface area contributed by atoms with Crippen LogP contribution in [0.3, 0.4) is 0 Å². The molecule has 0 unspecified atom stereocenters. The van der Waals surface area contributed by atoms with E-state index in [0.29, 0.717) is 5.92 Å². The molecule has 4 heteroatoms. The summed E-state index contributed by atoms with van der Waals surface area (Å²) in [7, 11) is -3.44. The third kappa shape index (κ3) is 2.44. The lowest BCUT2D eigenvalue weighted by molar-refractivity contribution is 0.552. The molecule has 0 aliphatic heterocycles. The molecule has 0 amide bonds. The molecule has 1 aromatic rings. The van der Waals surface area contributed by atoms with Gasteiger partial charge >= 0.3 is 0 Å². The van der Waals surface area contributed by atoms with Crippen molar-refractivity contribution in [1.82, 2.24) is 0 Å². The molecular formula is C12H19NO2S. The highest BCUT2D eigenvalue weighted by Gasteiger charge is 2.31. The summed E-state index contributed by atoms with van der Waals surface area (Å²) in [6.07, 6.45) is 0. The SMILES string of the molecule is CC(C)c1ccc(S(=O)(=O)C(C)(C)N)cc1. The van der Waals surface area contributed by atoms with Crippen molar-refractivity contribution in [3.63, 3.8) is 0 Å². The second kappa shape index (κ2) is 4.18. The summed E-state index contributed by atoms with van der Waals surface area (Å²) in [4.78, 5) is -0.962. The summed E-state index contributed by atoms with van der Waals surface area (Å²) in [5.41, 5.74) is 6.77. The van der Waals surface area contributed by atoms with Crippen LogP contribution in [0.5, 0.6) is 0 Å². The highest BCUT2D eigenvalue weighted by molar-refractivity contribution is 7.92. The zero-order valence-electron chi connectivity index (χ0n) is 10.2. The zero-order chi connectivity index (χ0) is 12.6. The average molecular weight is 241 g/mol. The second-order valence-electron chi connectivity index (χ2n) is 4.83. The Bertz CT molecular complexity index is 453. The molecule has 0 aliphatic carbocycles. The maximum Gasteiger partial charge on any atom is 0.196 e. The van der Waals surface area contributed by atoms with Gasteiger partial charge in [-0.05, 0) is 37.5 Å². The lowest BCUT2D eigenvalue weighted by Crippen LogP contribution is -2.41. The van der Waals surface area contributed by atoms with Gasteiger partial charge in [0, 0.05) is 0 Å². The third-order valence-electron chi connectivity index (χ3n) is 2.55. The molecule has 0 aromatic heterocycles. The summed E-state index contributed by atoms with van der Waals surface area (Å²) in [5.74, 6) is 0.391. The molecule has 1 aromatic carbocycles. The first-order chi connectivity index (χ1) is 7.16. The van der Waals surface area contributed by atoms with E-state index in [-0.39, 0.29) is 4.90 Å². The zero-order valence-corrected chi connectivity index (χ0v) is 11.0. The van der Waals surface area contributed by atoms with E-state index in [1.165, 1.54) is 13.8 Å². The lowest BCUT2D eigenvalue weighted by Gasteiger charge is -2.19. The van der Waals surface area contributed by atoms with E-state index in [4.69, 9.17) is 5.73 Å². The van der Waals surface area contributed by atoms with E-state index < -0.39 is 14.7 Å². The van der Waals surface area contributed by atoms with Gasteiger partial charge in [0.2, 0.25) is 0 Å². The van der Waals surface area contributed by atoms with Crippen molar-refractivity contribution in [3.8, 4) is 0 Å². The van der Waals surface area contributed by atoms with Crippen LogP contribution < -0.4 is 5.73 Å². The van der Waals surface area contributed by atoms with Crippen LogP contribution in [-0.4, -0.2) is 13.3 Å². The molecule has 0 heterocycles. The largest absolute Gasteiger partial charge is 0.313 e. The molecule has 16 heavy (non-hydrogen) atoms. The molecule has 3 nitrogen and oxygen atoms in total. The van der Waals surface area contributed by atoms with Gasteiger partial charge in [0.05, 0.1) is 4.90 Å². The van der Waals surface area contributed by atoms with Gasteiger partial charge in [-0.3, -0.25) is 0 Å². The second-order valence-corrected chi connectivity index (χ2v) is 7.36. The number of hydrogen-bond acceptors (Lipinski definition) is 3. The first-order valence-corrected chi connectivity index (χ1v) is 6.78. The van der Waals surface area contributed by atoms with Gasteiger partial charge in [0.1, 0.15) is 4.87 Å². The van der Waals surface area contributed by atoms with Gasteiger partial charge in [0.15, 0.2) is 9.84 Å². The number of hydrogen-bond donors (Lipinski definition) is 1. The Morgan fingerprint density at radius 3 is 1.88 bits per heavy atom. The molecule has 0 saturated heterocycles. The van der Waals surface area contributed by atoms with Crippen molar-refractivity contribution < 1.29 is 8.42 Å². The van der Waals surface area contributed by atoms with Gasteiger partial charge in [-0.2, -0.15) is 0 Å². The van der Waals surface area contributed by atoms with Gasteiger partial charge in [-0.1, -0.05) is 26.0 Å². The Morgan fingerprint density at radius 1 is 1.12 bits per heavy atom. The predicted molar refractivity (Wildman–Crippen MR) is 66.0 cm³/mol. The quantitative estimate of drug-likeness (QED) is 0.883. The van der Waals surface area contributed by atoms with Crippen molar-refractivity contribution in [1.29, 1.82) is 0 Å². The van der Waals surface area contributed by atoms with E-state index in [1.807, 2.05) is 12.1 Å². The Balaban J connectivity index is 3.18. The summed E-state index contributed by atoms with van der Waals surface area (Å²) in [6, 6.07) is 6.92. The number of benzene rings is 1. The minimum Gasteiger partial charge on any atom is -0.313 e. The normalized spacial score (nSPS) is 13.1. The Morgan fingerprint density at radius 2 is 1.56 bits per heavy atom. The van der Waals surface area contributed by atoms with Crippen LogP contribution in [0.4, 0.5) is 0 Å². The lowest BCUT2D eigenvalue weighted by atomic mass is 10.0. The van der Waals surface area contributed by atoms with Crippen molar-refractivity contribution in [2.45, 2.75) is 43.4 Å². The molecule has 1 rings (SSSR count). The van der Waals surface area contributed by atoms with Crippen molar-refractivity contribution >= 4 is 9.84 Å². The summed E-state index contributed by atoms with van der Waals surface area (Å²) in [6.45, 7) is 7.13. The Hall–Kier alpha value is -0.870. The molecular weight excluding hydrogens is 222 g/mol. The van der Waals surface area contributed by atoms with Crippen LogP contribution in [-0.2, 0) is 9.84 Å².